The van der Waals surface area contributed by atoms with E-state index in [1.807, 2.05) is 6.07 Å². The molecule has 0 amide bonds. The molecule has 0 spiro atoms. The predicted octanol–water partition coefficient (Wildman–Crippen LogP) is 2.75. The third-order valence-electron chi connectivity index (χ3n) is 4.20. The summed E-state index contributed by atoms with van der Waals surface area (Å²) < 4.78 is 5.09. The van der Waals surface area contributed by atoms with Gasteiger partial charge in [0.05, 0.1) is 18.6 Å². The lowest BCUT2D eigenvalue weighted by atomic mass is 9.73. The van der Waals surface area contributed by atoms with Crippen LogP contribution in [0.1, 0.15) is 32.3 Å². The van der Waals surface area contributed by atoms with Gasteiger partial charge >= 0.3 is 0 Å². The molecule has 0 aromatic carbocycles. The van der Waals surface area contributed by atoms with Gasteiger partial charge < -0.3 is 14.4 Å². The standard InChI is InChI=1S/C15H25NO2/c1-11-6-12(2)14(15(17)7-11)9-16(3)8-13-4-5-18-10-13/h4-5,10-12,14-15,17H,6-9H2,1-3H3. The van der Waals surface area contributed by atoms with Crippen molar-refractivity contribution in [3.8, 4) is 0 Å². The number of aliphatic hydroxyl groups is 1. The van der Waals surface area contributed by atoms with E-state index < -0.39 is 0 Å². The average molecular weight is 251 g/mol. The van der Waals surface area contributed by atoms with Crippen LogP contribution < -0.4 is 0 Å². The first-order valence-corrected chi connectivity index (χ1v) is 6.94. The molecule has 102 valence electrons. The molecule has 1 aliphatic rings. The second kappa shape index (κ2) is 5.89. The van der Waals surface area contributed by atoms with E-state index >= 15 is 0 Å². The van der Waals surface area contributed by atoms with Crippen molar-refractivity contribution in [1.29, 1.82) is 0 Å². The van der Waals surface area contributed by atoms with E-state index in [1.165, 1.54) is 12.0 Å². The van der Waals surface area contributed by atoms with Gasteiger partial charge in [-0.1, -0.05) is 13.8 Å². The summed E-state index contributed by atoms with van der Waals surface area (Å²) >= 11 is 0. The first kappa shape index (κ1) is 13.6. The highest BCUT2D eigenvalue weighted by atomic mass is 16.3. The lowest BCUT2D eigenvalue weighted by Gasteiger charge is -2.38. The molecule has 1 N–H and O–H groups in total. The van der Waals surface area contributed by atoms with Gasteiger partial charge in [0.2, 0.25) is 0 Å². The number of hydrogen-bond acceptors (Lipinski definition) is 3. The van der Waals surface area contributed by atoms with E-state index in [1.54, 1.807) is 12.5 Å². The van der Waals surface area contributed by atoms with Crippen LogP contribution in [0.2, 0.25) is 0 Å². The van der Waals surface area contributed by atoms with Gasteiger partial charge in [-0.25, -0.2) is 0 Å². The maximum Gasteiger partial charge on any atom is 0.0947 e. The Morgan fingerprint density at radius 2 is 2.17 bits per heavy atom. The third-order valence-corrected chi connectivity index (χ3v) is 4.20. The molecule has 4 unspecified atom stereocenters. The summed E-state index contributed by atoms with van der Waals surface area (Å²) in [7, 11) is 2.12. The molecule has 1 saturated carbocycles. The van der Waals surface area contributed by atoms with E-state index in [0.29, 0.717) is 17.8 Å². The molecule has 0 bridgehead atoms. The van der Waals surface area contributed by atoms with Gasteiger partial charge in [0.15, 0.2) is 0 Å². The normalized spacial score (nSPS) is 32.9. The fourth-order valence-electron chi connectivity index (χ4n) is 3.29. The molecule has 0 radical (unpaired) electrons. The Hall–Kier alpha value is -0.800. The molecule has 0 saturated heterocycles. The highest BCUT2D eigenvalue weighted by Gasteiger charge is 2.33. The Kier molecular flexibility index (Phi) is 4.46. The van der Waals surface area contributed by atoms with Crippen LogP contribution in [0.3, 0.4) is 0 Å². The summed E-state index contributed by atoms with van der Waals surface area (Å²) in [6, 6.07) is 2.00. The smallest absolute Gasteiger partial charge is 0.0947 e. The Balaban J connectivity index is 1.87. The highest BCUT2D eigenvalue weighted by Crippen LogP contribution is 2.34. The zero-order chi connectivity index (χ0) is 13.1. The first-order valence-electron chi connectivity index (χ1n) is 6.94. The van der Waals surface area contributed by atoms with Crippen LogP contribution in [0.25, 0.3) is 0 Å². The van der Waals surface area contributed by atoms with Gasteiger partial charge in [-0.15, -0.1) is 0 Å². The predicted molar refractivity (Wildman–Crippen MR) is 72.1 cm³/mol. The molecule has 4 atom stereocenters. The SMILES string of the molecule is CC1CC(C)C(CN(C)Cc2ccoc2)C(O)C1. The Morgan fingerprint density at radius 3 is 2.78 bits per heavy atom. The van der Waals surface area contributed by atoms with E-state index in [9.17, 15) is 5.11 Å². The van der Waals surface area contributed by atoms with Gasteiger partial charge in [0, 0.05) is 24.6 Å². The number of rotatable bonds is 4. The zero-order valence-corrected chi connectivity index (χ0v) is 11.7. The number of hydrogen-bond donors (Lipinski definition) is 1. The lowest BCUT2D eigenvalue weighted by Crippen LogP contribution is -2.41. The van der Waals surface area contributed by atoms with E-state index in [0.717, 1.165) is 19.5 Å². The topological polar surface area (TPSA) is 36.6 Å². The van der Waals surface area contributed by atoms with E-state index in [4.69, 9.17) is 4.42 Å². The molecule has 2 rings (SSSR count). The van der Waals surface area contributed by atoms with Crippen molar-refractivity contribution < 1.29 is 9.52 Å². The second-order valence-electron chi connectivity index (χ2n) is 6.11. The number of aliphatic hydroxyl groups excluding tert-OH is 1. The molecule has 0 aliphatic heterocycles. The van der Waals surface area contributed by atoms with Crippen molar-refractivity contribution in [2.45, 2.75) is 39.3 Å². The fraction of sp³-hybridized carbons (Fsp3) is 0.733. The fourth-order valence-corrected chi connectivity index (χ4v) is 3.29. The minimum Gasteiger partial charge on any atom is -0.472 e. The van der Waals surface area contributed by atoms with Crippen LogP contribution in [0.5, 0.6) is 0 Å². The summed E-state index contributed by atoms with van der Waals surface area (Å²) in [4.78, 5) is 2.28. The van der Waals surface area contributed by atoms with Gasteiger partial charge in [0.1, 0.15) is 0 Å². The monoisotopic (exact) mass is 251 g/mol. The summed E-state index contributed by atoms with van der Waals surface area (Å²) in [6.07, 6.45) is 5.55. The van der Waals surface area contributed by atoms with Crippen molar-refractivity contribution in [2.24, 2.45) is 17.8 Å². The quantitative estimate of drug-likeness (QED) is 0.894. The van der Waals surface area contributed by atoms with Crippen LogP contribution in [-0.4, -0.2) is 29.7 Å². The van der Waals surface area contributed by atoms with Crippen LogP contribution in [0.15, 0.2) is 23.0 Å². The van der Waals surface area contributed by atoms with Crippen LogP contribution in [0, 0.1) is 17.8 Å². The van der Waals surface area contributed by atoms with Gasteiger partial charge in [-0.2, -0.15) is 0 Å². The molecular weight excluding hydrogens is 226 g/mol. The zero-order valence-electron chi connectivity index (χ0n) is 11.7. The molecule has 1 heterocycles. The first-order chi connectivity index (χ1) is 8.56. The maximum atomic E-state index is 10.2. The average Bonchev–Trinajstić information content (AvgIpc) is 2.76. The molecule has 3 heteroatoms. The van der Waals surface area contributed by atoms with E-state index in [2.05, 4.69) is 25.8 Å². The molecule has 18 heavy (non-hydrogen) atoms. The van der Waals surface area contributed by atoms with Crippen molar-refractivity contribution in [3.05, 3.63) is 24.2 Å². The molecule has 3 nitrogen and oxygen atoms in total. The van der Waals surface area contributed by atoms with Crippen LogP contribution >= 0.6 is 0 Å². The van der Waals surface area contributed by atoms with Gasteiger partial charge in [0.25, 0.3) is 0 Å². The van der Waals surface area contributed by atoms with Crippen LogP contribution in [0.4, 0.5) is 0 Å². The highest BCUT2D eigenvalue weighted by molar-refractivity contribution is 5.04. The van der Waals surface area contributed by atoms with Gasteiger partial charge in [-0.05, 0) is 37.8 Å². The van der Waals surface area contributed by atoms with Crippen molar-refractivity contribution >= 4 is 0 Å². The number of furan rings is 1. The number of nitrogens with zero attached hydrogens (tertiary/aromatic N) is 1. The maximum absolute atomic E-state index is 10.2. The third kappa shape index (κ3) is 3.36. The largest absolute Gasteiger partial charge is 0.472 e. The van der Waals surface area contributed by atoms with E-state index in [-0.39, 0.29) is 6.10 Å². The molecule has 1 aromatic rings. The Morgan fingerprint density at radius 1 is 1.39 bits per heavy atom. The Labute approximate surface area is 110 Å². The minimum atomic E-state index is -0.143. The molecular formula is C15H25NO2. The minimum absolute atomic E-state index is 0.143. The lowest BCUT2D eigenvalue weighted by molar-refractivity contribution is 0.000582. The van der Waals surface area contributed by atoms with Gasteiger partial charge in [-0.3, -0.25) is 0 Å². The Bertz CT molecular complexity index is 337. The molecule has 1 aliphatic carbocycles. The summed E-state index contributed by atoms with van der Waals surface area (Å²) in [5, 5.41) is 10.2. The van der Waals surface area contributed by atoms with Crippen molar-refractivity contribution in [3.63, 3.8) is 0 Å². The summed E-state index contributed by atoms with van der Waals surface area (Å²) in [6.45, 7) is 6.36. The second-order valence-corrected chi connectivity index (χ2v) is 6.11. The summed E-state index contributed by atoms with van der Waals surface area (Å²) in [5.41, 5.74) is 1.20. The summed E-state index contributed by atoms with van der Waals surface area (Å²) in [5.74, 6) is 1.67. The van der Waals surface area contributed by atoms with Crippen molar-refractivity contribution in [2.75, 3.05) is 13.6 Å². The van der Waals surface area contributed by atoms with Crippen LogP contribution in [-0.2, 0) is 6.54 Å². The molecule has 1 aromatic heterocycles. The van der Waals surface area contributed by atoms with Crippen molar-refractivity contribution in [1.82, 2.24) is 4.90 Å². The molecule has 1 fully saturated rings.